The van der Waals surface area contributed by atoms with Crippen molar-refractivity contribution in [3.8, 4) is 0 Å². The third-order valence-corrected chi connectivity index (χ3v) is 2.38. The van der Waals surface area contributed by atoms with Gasteiger partial charge in [-0.25, -0.2) is 0 Å². The van der Waals surface area contributed by atoms with Crippen molar-refractivity contribution in [2.45, 2.75) is 26.2 Å². The fourth-order valence-electron chi connectivity index (χ4n) is 1.60. The van der Waals surface area contributed by atoms with Crippen LogP contribution in [0.1, 0.15) is 31.7 Å². The Hall–Kier alpha value is -1.11. The van der Waals surface area contributed by atoms with Gasteiger partial charge in [-0.2, -0.15) is 0 Å². The zero-order valence-corrected chi connectivity index (χ0v) is 8.23. The third-order valence-electron chi connectivity index (χ3n) is 2.38. The lowest BCUT2D eigenvalue weighted by Gasteiger charge is -2.18. The number of carbonyl (C=O) groups excluding carboxylic acids is 1. The molecule has 1 atom stereocenters. The van der Waals surface area contributed by atoms with Crippen molar-refractivity contribution in [3.05, 3.63) is 35.9 Å². The monoisotopic (exact) mass is 176 g/mol. The number of carbonyl (C=O) groups is 1. The molecule has 1 heteroatoms. The molecule has 0 N–H and O–H groups in total. The maximum atomic E-state index is 10.5. The summed E-state index contributed by atoms with van der Waals surface area (Å²) in [5.41, 5.74) is 1.27. The molecule has 0 bridgehead atoms. The van der Waals surface area contributed by atoms with Crippen molar-refractivity contribution in [3.63, 3.8) is 0 Å². The van der Waals surface area contributed by atoms with Crippen molar-refractivity contribution >= 4 is 6.29 Å². The Bertz CT molecular complexity index is 251. The van der Waals surface area contributed by atoms with E-state index >= 15 is 0 Å². The van der Waals surface area contributed by atoms with Gasteiger partial charge in [-0.1, -0.05) is 44.2 Å². The second kappa shape index (κ2) is 4.80. The van der Waals surface area contributed by atoms with Gasteiger partial charge in [0, 0.05) is 6.42 Å². The van der Waals surface area contributed by atoms with Gasteiger partial charge in [0.05, 0.1) is 0 Å². The standard InChI is InChI=1S/C12H16O/c1-10(2)12(8-9-13)11-6-4-3-5-7-11/h3-7,9-10,12H,8H2,1-2H3/t12-/m1/s1. The first-order chi connectivity index (χ1) is 6.25. The summed E-state index contributed by atoms with van der Waals surface area (Å²) in [6.45, 7) is 4.31. The number of hydrogen-bond acceptors (Lipinski definition) is 1. The lowest BCUT2D eigenvalue weighted by molar-refractivity contribution is -0.108. The molecule has 0 amide bonds. The minimum Gasteiger partial charge on any atom is -0.303 e. The van der Waals surface area contributed by atoms with Gasteiger partial charge in [0.1, 0.15) is 6.29 Å². The average Bonchev–Trinajstić information content (AvgIpc) is 2.15. The van der Waals surface area contributed by atoms with Crippen LogP contribution in [-0.2, 0) is 4.79 Å². The van der Waals surface area contributed by atoms with Crippen LogP contribution in [0.25, 0.3) is 0 Å². The molecule has 1 rings (SSSR count). The Morgan fingerprint density at radius 1 is 1.23 bits per heavy atom. The molecule has 1 aromatic carbocycles. The summed E-state index contributed by atoms with van der Waals surface area (Å²) in [5.74, 6) is 0.895. The Balaban J connectivity index is 2.82. The molecule has 70 valence electrons. The normalized spacial score (nSPS) is 12.8. The minimum atomic E-state index is 0.374. The molecule has 0 radical (unpaired) electrons. The Morgan fingerprint density at radius 2 is 1.85 bits per heavy atom. The highest BCUT2D eigenvalue weighted by Crippen LogP contribution is 2.26. The number of hydrogen-bond donors (Lipinski definition) is 0. The van der Waals surface area contributed by atoms with E-state index in [0.717, 1.165) is 6.29 Å². The van der Waals surface area contributed by atoms with E-state index < -0.39 is 0 Å². The van der Waals surface area contributed by atoms with Gasteiger partial charge in [-0.05, 0) is 17.4 Å². The fraction of sp³-hybridized carbons (Fsp3) is 0.417. The first-order valence-electron chi connectivity index (χ1n) is 4.74. The zero-order chi connectivity index (χ0) is 9.68. The van der Waals surface area contributed by atoms with Gasteiger partial charge in [-0.3, -0.25) is 0 Å². The van der Waals surface area contributed by atoms with Gasteiger partial charge < -0.3 is 4.79 Å². The molecule has 0 unspecified atom stereocenters. The quantitative estimate of drug-likeness (QED) is 0.644. The van der Waals surface area contributed by atoms with Gasteiger partial charge in [-0.15, -0.1) is 0 Å². The lowest BCUT2D eigenvalue weighted by atomic mass is 9.86. The van der Waals surface area contributed by atoms with E-state index in [1.807, 2.05) is 18.2 Å². The molecular formula is C12H16O. The second-order valence-electron chi connectivity index (χ2n) is 3.66. The van der Waals surface area contributed by atoms with Gasteiger partial charge >= 0.3 is 0 Å². The number of aldehydes is 1. The molecule has 1 nitrogen and oxygen atoms in total. The van der Waals surface area contributed by atoms with Crippen LogP contribution in [0.2, 0.25) is 0 Å². The van der Waals surface area contributed by atoms with Crippen molar-refractivity contribution in [2.24, 2.45) is 5.92 Å². The number of rotatable bonds is 4. The van der Waals surface area contributed by atoms with Gasteiger partial charge in [0.15, 0.2) is 0 Å². The smallest absolute Gasteiger partial charge is 0.120 e. The molecule has 0 aliphatic heterocycles. The minimum absolute atomic E-state index is 0.374. The fourth-order valence-corrected chi connectivity index (χ4v) is 1.60. The van der Waals surface area contributed by atoms with Gasteiger partial charge in [0.25, 0.3) is 0 Å². The molecule has 1 aromatic rings. The predicted octanol–water partition coefficient (Wildman–Crippen LogP) is 3.02. The van der Waals surface area contributed by atoms with E-state index in [1.54, 1.807) is 0 Å². The zero-order valence-electron chi connectivity index (χ0n) is 8.23. The maximum Gasteiger partial charge on any atom is 0.120 e. The Kier molecular flexibility index (Phi) is 3.69. The molecule has 0 aliphatic carbocycles. The van der Waals surface area contributed by atoms with E-state index in [9.17, 15) is 4.79 Å². The highest BCUT2D eigenvalue weighted by atomic mass is 16.1. The molecular weight excluding hydrogens is 160 g/mol. The number of benzene rings is 1. The van der Waals surface area contributed by atoms with E-state index in [1.165, 1.54) is 5.56 Å². The van der Waals surface area contributed by atoms with Crippen LogP contribution in [-0.4, -0.2) is 6.29 Å². The lowest BCUT2D eigenvalue weighted by Crippen LogP contribution is -2.06. The van der Waals surface area contributed by atoms with Crippen LogP contribution < -0.4 is 0 Å². The molecule has 0 spiro atoms. The van der Waals surface area contributed by atoms with E-state index in [0.29, 0.717) is 18.3 Å². The van der Waals surface area contributed by atoms with Crippen molar-refractivity contribution in [1.82, 2.24) is 0 Å². The van der Waals surface area contributed by atoms with Gasteiger partial charge in [0.2, 0.25) is 0 Å². The largest absolute Gasteiger partial charge is 0.303 e. The highest BCUT2D eigenvalue weighted by Gasteiger charge is 2.14. The van der Waals surface area contributed by atoms with Crippen LogP contribution in [0, 0.1) is 5.92 Å². The highest BCUT2D eigenvalue weighted by molar-refractivity contribution is 5.51. The van der Waals surface area contributed by atoms with Crippen LogP contribution >= 0.6 is 0 Å². The van der Waals surface area contributed by atoms with Crippen LogP contribution in [0.5, 0.6) is 0 Å². The molecule has 0 fully saturated rings. The van der Waals surface area contributed by atoms with Crippen LogP contribution in [0.15, 0.2) is 30.3 Å². The molecule has 13 heavy (non-hydrogen) atoms. The van der Waals surface area contributed by atoms with E-state index in [-0.39, 0.29) is 0 Å². The predicted molar refractivity (Wildman–Crippen MR) is 54.7 cm³/mol. The first-order valence-corrected chi connectivity index (χ1v) is 4.74. The van der Waals surface area contributed by atoms with Crippen molar-refractivity contribution in [2.75, 3.05) is 0 Å². The van der Waals surface area contributed by atoms with E-state index in [2.05, 4.69) is 26.0 Å². The van der Waals surface area contributed by atoms with E-state index in [4.69, 9.17) is 0 Å². The molecule has 0 saturated heterocycles. The summed E-state index contributed by atoms with van der Waals surface area (Å²) in [7, 11) is 0. The SMILES string of the molecule is CC(C)[C@@H](CC=O)c1ccccc1. The Labute approximate surface area is 79.8 Å². The van der Waals surface area contributed by atoms with Crippen LogP contribution in [0.3, 0.4) is 0 Å². The van der Waals surface area contributed by atoms with Crippen LogP contribution in [0.4, 0.5) is 0 Å². The summed E-state index contributed by atoms with van der Waals surface area (Å²) >= 11 is 0. The second-order valence-corrected chi connectivity index (χ2v) is 3.66. The summed E-state index contributed by atoms with van der Waals surface area (Å²) in [6, 6.07) is 10.2. The summed E-state index contributed by atoms with van der Waals surface area (Å²) in [5, 5.41) is 0. The summed E-state index contributed by atoms with van der Waals surface area (Å²) < 4.78 is 0. The molecule has 0 aliphatic rings. The molecule has 0 saturated carbocycles. The molecule has 0 aromatic heterocycles. The average molecular weight is 176 g/mol. The summed E-state index contributed by atoms with van der Waals surface area (Å²) in [4.78, 5) is 10.5. The maximum absolute atomic E-state index is 10.5. The third kappa shape index (κ3) is 2.69. The topological polar surface area (TPSA) is 17.1 Å². The summed E-state index contributed by atoms with van der Waals surface area (Å²) in [6.07, 6.45) is 1.64. The first kappa shape index (κ1) is 9.97. The molecule has 0 heterocycles. The Morgan fingerprint density at radius 3 is 2.31 bits per heavy atom. The van der Waals surface area contributed by atoms with Crippen molar-refractivity contribution < 1.29 is 4.79 Å². The van der Waals surface area contributed by atoms with Crippen molar-refractivity contribution in [1.29, 1.82) is 0 Å².